The Kier molecular flexibility index (Phi) is 3.11. The number of H-pyrrole nitrogens is 1. The molecule has 5 heteroatoms. The van der Waals surface area contributed by atoms with Gasteiger partial charge in [-0.25, -0.2) is 4.39 Å². The molecule has 1 aromatic heterocycles. The topological polar surface area (TPSA) is 57.9 Å². The first-order valence-corrected chi connectivity index (χ1v) is 6.53. The summed E-state index contributed by atoms with van der Waals surface area (Å²) in [6.07, 6.45) is 2.11. The molecule has 1 fully saturated rings. The van der Waals surface area contributed by atoms with Crippen LogP contribution in [0.3, 0.4) is 0 Å². The van der Waals surface area contributed by atoms with Crippen molar-refractivity contribution in [2.24, 2.45) is 0 Å². The fourth-order valence-electron chi connectivity index (χ4n) is 2.66. The van der Waals surface area contributed by atoms with Gasteiger partial charge < -0.3 is 10.6 Å². The number of halogens is 1. The van der Waals surface area contributed by atoms with Crippen molar-refractivity contribution in [1.82, 2.24) is 10.2 Å². The Morgan fingerprint density at radius 2 is 1.89 bits per heavy atom. The van der Waals surface area contributed by atoms with Crippen molar-refractivity contribution in [3.63, 3.8) is 0 Å². The Labute approximate surface area is 111 Å². The van der Waals surface area contributed by atoms with Crippen molar-refractivity contribution < 1.29 is 4.39 Å². The van der Waals surface area contributed by atoms with Crippen LogP contribution in [0.2, 0.25) is 0 Å². The molecule has 100 valence electrons. The minimum Gasteiger partial charge on any atom is -0.382 e. The molecule has 1 aromatic carbocycles. The minimum absolute atomic E-state index is 0.188. The fourth-order valence-corrected chi connectivity index (χ4v) is 2.66. The van der Waals surface area contributed by atoms with Crippen molar-refractivity contribution in [1.29, 1.82) is 0 Å². The highest BCUT2D eigenvalue weighted by Crippen LogP contribution is 2.29. The summed E-state index contributed by atoms with van der Waals surface area (Å²) >= 11 is 0. The van der Waals surface area contributed by atoms with Crippen LogP contribution in [-0.2, 0) is 0 Å². The van der Waals surface area contributed by atoms with Crippen LogP contribution in [0.4, 0.5) is 15.9 Å². The van der Waals surface area contributed by atoms with Crippen molar-refractivity contribution >= 4 is 11.5 Å². The van der Waals surface area contributed by atoms with Crippen LogP contribution < -0.4 is 10.6 Å². The number of nitrogens with two attached hydrogens (primary N) is 1. The van der Waals surface area contributed by atoms with Gasteiger partial charge in [0, 0.05) is 36.5 Å². The number of piperidine rings is 1. The molecule has 1 aliphatic heterocycles. The Morgan fingerprint density at radius 1 is 1.21 bits per heavy atom. The summed E-state index contributed by atoms with van der Waals surface area (Å²) in [5.41, 5.74) is 7.84. The summed E-state index contributed by atoms with van der Waals surface area (Å²) < 4.78 is 12.9. The number of hydrogen-bond acceptors (Lipinski definition) is 3. The number of anilines is 2. The van der Waals surface area contributed by atoms with Gasteiger partial charge in [-0.1, -0.05) is 0 Å². The van der Waals surface area contributed by atoms with Gasteiger partial charge in [-0.3, -0.25) is 5.10 Å². The number of hydrogen-bond donors (Lipinski definition) is 2. The highest BCUT2D eigenvalue weighted by Gasteiger charge is 2.22. The van der Waals surface area contributed by atoms with Gasteiger partial charge in [-0.2, -0.15) is 5.10 Å². The van der Waals surface area contributed by atoms with E-state index >= 15 is 0 Å². The Bertz CT molecular complexity index is 541. The molecular weight excluding hydrogens is 243 g/mol. The third-order valence-electron chi connectivity index (χ3n) is 3.74. The molecule has 3 N–H and O–H groups in total. The monoisotopic (exact) mass is 260 g/mol. The van der Waals surface area contributed by atoms with Gasteiger partial charge in [0.25, 0.3) is 0 Å². The second-order valence-corrected chi connectivity index (χ2v) is 4.99. The van der Waals surface area contributed by atoms with E-state index in [4.69, 9.17) is 5.73 Å². The summed E-state index contributed by atoms with van der Waals surface area (Å²) in [7, 11) is 0. The van der Waals surface area contributed by atoms with E-state index in [-0.39, 0.29) is 5.82 Å². The maximum Gasteiger partial charge on any atom is 0.145 e. The molecule has 1 saturated heterocycles. The van der Waals surface area contributed by atoms with Crippen molar-refractivity contribution in [3.05, 3.63) is 41.8 Å². The average molecular weight is 260 g/mol. The molecule has 4 nitrogen and oxygen atoms in total. The number of nitrogens with zero attached hydrogens (tertiary/aromatic N) is 2. The summed E-state index contributed by atoms with van der Waals surface area (Å²) in [6.45, 7) is 1.93. The van der Waals surface area contributed by atoms with Gasteiger partial charge in [0.15, 0.2) is 0 Å². The van der Waals surface area contributed by atoms with E-state index in [9.17, 15) is 4.39 Å². The lowest BCUT2D eigenvalue weighted by Crippen LogP contribution is -2.32. The number of benzene rings is 1. The first-order valence-electron chi connectivity index (χ1n) is 6.53. The molecule has 0 saturated carbocycles. The molecule has 0 radical (unpaired) electrons. The Hall–Kier alpha value is -2.04. The SMILES string of the molecule is Nc1cc(C2CCN(c3ccc(F)cc3)CC2)[nH]n1. The highest BCUT2D eigenvalue weighted by molar-refractivity contribution is 5.47. The summed E-state index contributed by atoms with van der Waals surface area (Å²) in [5, 5.41) is 6.97. The maximum atomic E-state index is 12.9. The van der Waals surface area contributed by atoms with E-state index in [2.05, 4.69) is 15.1 Å². The van der Waals surface area contributed by atoms with E-state index in [1.165, 1.54) is 12.1 Å². The molecule has 19 heavy (non-hydrogen) atoms. The van der Waals surface area contributed by atoms with E-state index in [1.807, 2.05) is 18.2 Å². The van der Waals surface area contributed by atoms with Crippen LogP contribution in [0.15, 0.2) is 30.3 Å². The van der Waals surface area contributed by atoms with Gasteiger partial charge in [-0.15, -0.1) is 0 Å². The molecule has 0 unspecified atom stereocenters. The molecule has 0 spiro atoms. The zero-order chi connectivity index (χ0) is 13.2. The second-order valence-electron chi connectivity index (χ2n) is 4.99. The molecule has 2 heterocycles. The molecule has 1 aliphatic rings. The van der Waals surface area contributed by atoms with E-state index in [1.54, 1.807) is 0 Å². The molecule has 3 rings (SSSR count). The number of nitrogens with one attached hydrogen (secondary N) is 1. The predicted octanol–water partition coefficient (Wildman–Crippen LogP) is 2.52. The van der Waals surface area contributed by atoms with Crippen molar-refractivity contribution in [2.75, 3.05) is 23.7 Å². The molecule has 0 atom stereocenters. The third-order valence-corrected chi connectivity index (χ3v) is 3.74. The highest BCUT2D eigenvalue weighted by atomic mass is 19.1. The number of nitrogen functional groups attached to an aromatic ring is 1. The van der Waals surface area contributed by atoms with Crippen LogP contribution >= 0.6 is 0 Å². The van der Waals surface area contributed by atoms with Crippen LogP contribution in [0.1, 0.15) is 24.5 Å². The lowest BCUT2D eigenvalue weighted by Gasteiger charge is -2.33. The summed E-state index contributed by atoms with van der Waals surface area (Å²) in [4.78, 5) is 2.29. The molecule has 0 bridgehead atoms. The minimum atomic E-state index is -0.188. The zero-order valence-electron chi connectivity index (χ0n) is 10.6. The lowest BCUT2D eigenvalue weighted by molar-refractivity contribution is 0.495. The smallest absolute Gasteiger partial charge is 0.145 e. The molecule has 2 aromatic rings. The van der Waals surface area contributed by atoms with E-state index < -0.39 is 0 Å². The zero-order valence-corrected chi connectivity index (χ0v) is 10.6. The maximum absolute atomic E-state index is 12.9. The quantitative estimate of drug-likeness (QED) is 0.872. The van der Waals surface area contributed by atoms with Crippen molar-refractivity contribution in [3.8, 4) is 0 Å². The average Bonchev–Trinajstić information content (AvgIpc) is 2.87. The largest absolute Gasteiger partial charge is 0.382 e. The van der Waals surface area contributed by atoms with Gasteiger partial charge in [-0.05, 0) is 37.1 Å². The standard InChI is InChI=1S/C14H17FN4/c15-11-1-3-12(4-2-11)19-7-5-10(6-8-19)13-9-14(16)18-17-13/h1-4,9-10H,5-8H2,(H3,16,17,18). The van der Waals surface area contributed by atoms with Gasteiger partial charge in [0.05, 0.1) is 0 Å². The number of rotatable bonds is 2. The predicted molar refractivity (Wildman–Crippen MR) is 73.6 cm³/mol. The van der Waals surface area contributed by atoms with Gasteiger partial charge in [0.1, 0.15) is 11.6 Å². The van der Waals surface area contributed by atoms with Crippen molar-refractivity contribution in [2.45, 2.75) is 18.8 Å². The summed E-state index contributed by atoms with van der Waals surface area (Å²) in [5.74, 6) is 0.851. The first kappa shape index (κ1) is 12.0. The second kappa shape index (κ2) is 4.91. The normalized spacial score (nSPS) is 16.8. The fraction of sp³-hybridized carbons (Fsp3) is 0.357. The van der Waals surface area contributed by atoms with Crippen LogP contribution in [0, 0.1) is 5.82 Å². The van der Waals surface area contributed by atoms with Gasteiger partial charge in [0.2, 0.25) is 0 Å². The Balaban J connectivity index is 1.64. The first-order chi connectivity index (χ1) is 9.22. The van der Waals surface area contributed by atoms with Crippen LogP contribution in [-0.4, -0.2) is 23.3 Å². The van der Waals surface area contributed by atoms with E-state index in [0.29, 0.717) is 11.7 Å². The number of aromatic nitrogens is 2. The molecule has 0 aliphatic carbocycles. The summed E-state index contributed by atoms with van der Waals surface area (Å²) in [6, 6.07) is 8.61. The van der Waals surface area contributed by atoms with Crippen LogP contribution in [0.25, 0.3) is 0 Å². The lowest BCUT2D eigenvalue weighted by atomic mass is 9.93. The third kappa shape index (κ3) is 2.54. The Morgan fingerprint density at radius 3 is 2.47 bits per heavy atom. The van der Waals surface area contributed by atoms with E-state index in [0.717, 1.165) is 37.3 Å². The molecular formula is C14H17FN4. The molecule has 0 amide bonds. The van der Waals surface area contributed by atoms with Crippen LogP contribution in [0.5, 0.6) is 0 Å². The van der Waals surface area contributed by atoms with Gasteiger partial charge >= 0.3 is 0 Å². The number of aromatic amines is 1.